The second kappa shape index (κ2) is 5.24. The Bertz CT molecular complexity index is 407. The van der Waals surface area contributed by atoms with Crippen molar-refractivity contribution in [2.45, 2.75) is 31.8 Å². The zero-order valence-corrected chi connectivity index (χ0v) is 10.9. The summed E-state index contributed by atoms with van der Waals surface area (Å²) >= 11 is 0. The number of nitrogens with zero attached hydrogens (tertiary/aromatic N) is 3. The predicted octanol–water partition coefficient (Wildman–Crippen LogP) is 1.21. The van der Waals surface area contributed by atoms with Gasteiger partial charge in [0.15, 0.2) is 0 Å². The van der Waals surface area contributed by atoms with Crippen molar-refractivity contribution in [2.24, 2.45) is 5.73 Å². The number of aromatic nitrogens is 1. The maximum absolute atomic E-state index is 5.80. The molecular weight excluding hydrogens is 224 g/mol. The first-order chi connectivity index (χ1) is 8.88. The number of pyridine rings is 1. The number of hydrogen-bond acceptors (Lipinski definition) is 4. The standard InChI is InChI=1S/C14H22N4/c15-10-13-14(5-1-6-16-13)18-9-3-8-17-7-2-4-12(17)11-18/h1,5-6,12H,2-4,7-11,15H2. The summed E-state index contributed by atoms with van der Waals surface area (Å²) in [7, 11) is 0. The molecule has 4 nitrogen and oxygen atoms in total. The number of hydrogen-bond donors (Lipinski definition) is 1. The number of anilines is 1. The molecule has 2 fully saturated rings. The maximum atomic E-state index is 5.80. The molecule has 0 aromatic carbocycles. The van der Waals surface area contributed by atoms with Gasteiger partial charge in [0.05, 0.1) is 11.4 Å². The summed E-state index contributed by atoms with van der Waals surface area (Å²) < 4.78 is 0. The molecule has 1 aromatic rings. The van der Waals surface area contributed by atoms with E-state index in [2.05, 4.69) is 20.9 Å². The zero-order valence-electron chi connectivity index (χ0n) is 10.9. The van der Waals surface area contributed by atoms with Crippen LogP contribution in [0.5, 0.6) is 0 Å². The summed E-state index contributed by atoms with van der Waals surface area (Å²) in [5.41, 5.74) is 8.08. The normalized spacial score (nSPS) is 24.9. The third kappa shape index (κ3) is 2.22. The molecule has 3 heterocycles. The van der Waals surface area contributed by atoms with Gasteiger partial charge < -0.3 is 10.6 Å². The minimum Gasteiger partial charge on any atom is -0.368 e. The third-order valence-electron chi connectivity index (χ3n) is 4.20. The van der Waals surface area contributed by atoms with Crippen LogP contribution in [-0.2, 0) is 6.54 Å². The average Bonchev–Trinajstić information content (AvgIpc) is 2.76. The summed E-state index contributed by atoms with van der Waals surface area (Å²) in [6.45, 7) is 5.33. The molecule has 0 spiro atoms. The highest BCUT2D eigenvalue weighted by atomic mass is 15.3. The van der Waals surface area contributed by atoms with Gasteiger partial charge in [-0.25, -0.2) is 0 Å². The Balaban J connectivity index is 1.82. The van der Waals surface area contributed by atoms with Crippen LogP contribution in [0.25, 0.3) is 0 Å². The van der Waals surface area contributed by atoms with Gasteiger partial charge in [0.2, 0.25) is 0 Å². The van der Waals surface area contributed by atoms with E-state index in [0.717, 1.165) is 24.8 Å². The van der Waals surface area contributed by atoms with E-state index in [1.165, 1.54) is 38.0 Å². The minimum atomic E-state index is 0.529. The molecule has 0 aliphatic carbocycles. The Morgan fingerprint density at radius 2 is 2.17 bits per heavy atom. The summed E-state index contributed by atoms with van der Waals surface area (Å²) in [5, 5.41) is 0. The van der Waals surface area contributed by atoms with E-state index in [1.807, 2.05) is 12.3 Å². The van der Waals surface area contributed by atoms with E-state index in [9.17, 15) is 0 Å². The first-order valence-corrected chi connectivity index (χ1v) is 7.01. The molecule has 1 unspecified atom stereocenters. The van der Waals surface area contributed by atoms with Crippen molar-refractivity contribution in [1.82, 2.24) is 9.88 Å². The quantitative estimate of drug-likeness (QED) is 0.852. The van der Waals surface area contributed by atoms with Gasteiger partial charge in [-0.2, -0.15) is 0 Å². The molecule has 1 atom stereocenters. The first-order valence-electron chi connectivity index (χ1n) is 7.01. The fourth-order valence-corrected chi connectivity index (χ4v) is 3.30. The van der Waals surface area contributed by atoms with Crippen LogP contribution in [0.1, 0.15) is 25.0 Å². The van der Waals surface area contributed by atoms with Gasteiger partial charge in [-0.1, -0.05) is 0 Å². The van der Waals surface area contributed by atoms with Gasteiger partial charge in [0.1, 0.15) is 0 Å². The smallest absolute Gasteiger partial charge is 0.0772 e. The molecule has 98 valence electrons. The van der Waals surface area contributed by atoms with Crippen LogP contribution in [-0.4, -0.2) is 42.1 Å². The highest BCUT2D eigenvalue weighted by Crippen LogP contribution is 2.26. The monoisotopic (exact) mass is 246 g/mol. The van der Waals surface area contributed by atoms with Crippen molar-refractivity contribution in [1.29, 1.82) is 0 Å². The molecule has 0 saturated carbocycles. The SMILES string of the molecule is NCc1ncccc1N1CCCN2CCCC2C1. The molecule has 2 aliphatic heterocycles. The molecule has 2 saturated heterocycles. The zero-order chi connectivity index (χ0) is 12.4. The van der Waals surface area contributed by atoms with Crippen molar-refractivity contribution in [3.05, 3.63) is 24.0 Å². The van der Waals surface area contributed by atoms with E-state index in [-0.39, 0.29) is 0 Å². The Morgan fingerprint density at radius 3 is 3.06 bits per heavy atom. The highest BCUT2D eigenvalue weighted by Gasteiger charge is 2.29. The van der Waals surface area contributed by atoms with Gasteiger partial charge in [0.25, 0.3) is 0 Å². The lowest BCUT2D eigenvalue weighted by Crippen LogP contribution is -2.37. The van der Waals surface area contributed by atoms with Gasteiger partial charge >= 0.3 is 0 Å². The van der Waals surface area contributed by atoms with E-state index in [0.29, 0.717) is 6.54 Å². The topological polar surface area (TPSA) is 45.4 Å². The summed E-state index contributed by atoms with van der Waals surface area (Å²) in [6, 6.07) is 4.92. The lowest BCUT2D eigenvalue weighted by Gasteiger charge is -2.28. The fraction of sp³-hybridized carbons (Fsp3) is 0.643. The van der Waals surface area contributed by atoms with Gasteiger partial charge in [-0.15, -0.1) is 0 Å². The van der Waals surface area contributed by atoms with Crippen LogP contribution in [0.2, 0.25) is 0 Å². The summed E-state index contributed by atoms with van der Waals surface area (Å²) in [5.74, 6) is 0. The molecule has 0 amide bonds. The molecule has 3 rings (SSSR count). The molecule has 18 heavy (non-hydrogen) atoms. The average molecular weight is 246 g/mol. The molecular formula is C14H22N4. The third-order valence-corrected chi connectivity index (χ3v) is 4.20. The van der Waals surface area contributed by atoms with Gasteiger partial charge in [-0.05, 0) is 37.9 Å². The highest BCUT2D eigenvalue weighted by molar-refractivity contribution is 5.50. The van der Waals surface area contributed by atoms with E-state index < -0.39 is 0 Å². The number of nitrogens with two attached hydrogens (primary N) is 1. The van der Waals surface area contributed by atoms with Crippen molar-refractivity contribution in [2.75, 3.05) is 31.1 Å². The lowest BCUT2D eigenvalue weighted by molar-refractivity contribution is 0.273. The Labute approximate surface area is 109 Å². The van der Waals surface area contributed by atoms with Crippen LogP contribution in [0, 0.1) is 0 Å². The maximum Gasteiger partial charge on any atom is 0.0772 e. The Hall–Kier alpha value is -1.13. The van der Waals surface area contributed by atoms with Crippen LogP contribution in [0.15, 0.2) is 18.3 Å². The first kappa shape index (κ1) is 11.9. The minimum absolute atomic E-state index is 0.529. The van der Waals surface area contributed by atoms with E-state index in [4.69, 9.17) is 5.73 Å². The predicted molar refractivity (Wildman–Crippen MR) is 73.6 cm³/mol. The van der Waals surface area contributed by atoms with Crippen LogP contribution < -0.4 is 10.6 Å². The van der Waals surface area contributed by atoms with Crippen molar-refractivity contribution in [3.8, 4) is 0 Å². The van der Waals surface area contributed by atoms with Gasteiger partial charge in [-0.3, -0.25) is 9.88 Å². The Morgan fingerprint density at radius 1 is 1.28 bits per heavy atom. The van der Waals surface area contributed by atoms with Gasteiger partial charge in [0, 0.05) is 38.4 Å². The molecule has 0 radical (unpaired) electrons. The van der Waals surface area contributed by atoms with Crippen molar-refractivity contribution < 1.29 is 0 Å². The molecule has 2 aliphatic rings. The number of fused-ring (bicyclic) bond motifs is 1. The second-order valence-corrected chi connectivity index (χ2v) is 5.30. The van der Waals surface area contributed by atoms with Crippen LogP contribution >= 0.6 is 0 Å². The Kier molecular flexibility index (Phi) is 3.48. The van der Waals surface area contributed by atoms with Crippen LogP contribution in [0.4, 0.5) is 5.69 Å². The molecule has 1 aromatic heterocycles. The van der Waals surface area contributed by atoms with E-state index >= 15 is 0 Å². The fourth-order valence-electron chi connectivity index (χ4n) is 3.30. The molecule has 2 N–H and O–H groups in total. The molecule has 4 heteroatoms. The largest absolute Gasteiger partial charge is 0.368 e. The molecule has 0 bridgehead atoms. The van der Waals surface area contributed by atoms with Crippen molar-refractivity contribution >= 4 is 5.69 Å². The van der Waals surface area contributed by atoms with Crippen molar-refractivity contribution in [3.63, 3.8) is 0 Å². The number of rotatable bonds is 2. The van der Waals surface area contributed by atoms with Crippen LogP contribution in [0.3, 0.4) is 0 Å². The summed E-state index contributed by atoms with van der Waals surface area (Å²) in [4.78, 5) is 9.55. The summed E-state index contributed by atoms with van der Waals surface area (Å²) in [6.07, 6.45) is 5.78. The second-order valence-electron chi connectivity index (χ2n) is 5.30. The lowest BCUT2D eigenvalue weighted by atomic mass is 10.2. The van der Waals surface area contributed by atoms with E-state index in [1.54, 1.807) is 0 Å².